The van der Waals surface area contributed by atoms with Gasteiger partial charge in [0.2, 0.25) is 0 Å². The number of nitrogens with zero attached hydrogens (tertiary/aromatic N) is 2. The molecule has 0 spiro atoms. The number of benzene rings is 1. The highest BCUT2D eigenvalue weighted by atomic mass is 35.5. The zero-order valence-electron chi connectivity index (χ0n) is 16.2. The number of aromatic amines is 1. The Morgan fingerprint density at radius 3 is 2.80 bits per heavy atom. The molecule has 158 valence electrons. The quantitative estimate of drug-likeness (QED) is 0.552. The second-order valence-corrected chi connectivity index (χ2v) is 9.21. The molecule has 7 nitrogen and oxygen atoms in total. The molecule has 2 atom stereocenters. The normalized spacial score (nSPS) is 20.3. The number of hydrogen-bond acceptors (Lipinski definition) is 5. The lowest BCUT2D eigenvalue weighted by Gasteiger charge is -2.20. The van der Waals surface area contributed by atoms with Crippen LogP contribution in [0.5, 0.6) is 0 Å². The van der Waals surface area contributed by atoms with Gasteiger partial charge in [-0.25, -0.2) is 4.98 Å². The van der Waals surface area contributed by atoms with Gasteiger partial charge in [0, 0.05) is 40.3 Å². The van der Waals surface area contributed by atoms with Crippen molar-refractivity contribution < 1.29 is 9.59 Å². The van der Waals surface area contributed by atoms with Crippen molar-refractivity contribution in [1.82, 2.24) is 25.5 Å². The molecule has 1 fully saturated rings. The molecule has 2 aliphatic rings. The van der Waals surface area contributed by atoms with Crippen molar-refractivity contribution in [3.8, 4) is 0 Å². The molecule has 30 heavy (non-hydrogen) atoms. The number of thiazole rings is 1. The van der Waals surface area contributed by atoms with E-state index in [1.807, 2.05) is 12.1 Å². The van der Waals surface area contributed by atoms with Gasteiger partial charge in [0.1, 0.15) is 5.69 Å². The zero-order valence-corrected chi connectivity index (χ0v) is 18.6. The summed E-state index contributed by atoms with van der Waals surface area (Å²) in [4.78, 5) is 36.1. The Hall–Kier alpha value is -2.13. The summed E-state index contributed by atoms with van der Waals surface area (Å²) in [5.41, 5.74) is 2.38. The van der Waals surface area contributed by atoms with Crippen molar-refractivity contribution in [2.24, 2.45) is 0 Å². The molecule has 3 heterocycles. The van der Waals surface area contributed by atoms with Gasteiger partial charge in [-0.15, -0.1) is 23.7 Å². The lowest BCUT2D eigenvalue weighted by Crippen LogP contribution is -2.34. The molecular weight excluding hydrogens is 445 g/mol. The van der Waals surface area contributed by atoms with Gasteiger partial charge in [-0.2, -0.15) is 0 Å². The molecular formula is C20H21Cl2N5O2S. The number of rotatable bonds is 4. The standard InChI is InChI=1S/C20H20ClN5O2S.ClH/c1-26-5-4-13-17(9-26)29-20(25-13)19(28)24-15-8-14(15)23-18(27)16-7-10-6-11(21)2-3-12(10)22-16;/h2-3,6-7,14-15,22H,4-5,8-9H2,1H3,(H,23,27)(H,24,28);1H/t14-,15+;/m1./s1. The Morgan fingerprint density at radius 2 is 2.00 bits per heavy atom. The SMILES string of the molecule is CN1CCc2nc(C(=O)N[C@H]3C[C@H]3NC(=O)c3cc4cc(Cl)ccc4[nH]3)sc2C1.Cl. The van der Waals surface area contributed by atoms with Crippen molar-refractivity contribution in [2.45, 2.75) is 31.5 Å². The number of halogens is 2. The van der Waals surface area contributed by atoms with Crippen LogP contribution in [0.4, 0.5) is 0 Å². The summed E-state index contributed by atoms with van der Waals surface area (Å²) in [5.74, 6) is -0.346. The second kappa shape index (κ2) is 8.19. The first-order valence-corrected chi connectivity index (χ1v) is 10.7. The monoisotopic (exact) mass is 465 g/mol. The number of nitrogens with one attached hydrogen (secondary N) is 3. The zero-order chi connectivity index (χ0) is 20.1. The molecule has 3 aromatic rings. The first kappa shape index (κ1) is 21.1. The third kappa shape index (κ3) is 4.18. The van der Waals surface area contributed by atoms with Crippen LogP contribution in [-0.2, 0) is 13.0 Å². The van der Waals surface area contributed by atoms with E-state index in [1.54, 1.807) is 12.1 Å². The summed E-state index contributed by atoms with van der Waals surface area (Å²) in [6.45, 7) is 1.81. The third-order valence-electron chi connectivity index (χ3n) is 5.37. The maximum atomic E-state index is 12.5. The van der Waals surface area contributed by atoms with Crippen LogP contribution in [0.2, 0.25) is 5.02 Å². The molecule has 5 rings (SSSR count). The van der Waals surface area contributed by atoms with E-state index in [0.29, 0.717) is 15.7 Å². The first-order chi connectivity index (χ1) is 14.0. The van der Waals surface area contributed by atoms with Crippen LogP contribution in [0.1, 0.15) is 37.3 Å². The maximum Gasteiger partial charge on any atom is 0.280 e. The predicted octanol–water partition coefficient (Wildman–Crippen LogP) is 2.99. The Labute approximate surface area is 188 Å². The molecule has 0 radical (unpaired) electrons. The van der Waals surface area contributed by atoms with Gasteiger partial charge in [0.25, 0.3) is 11.8 Å². The van der Waals surface area contributed by atoms with Crippen molar-refractivity contribution in [1.29, 1.82) is 0 Å². The minimum absolute atomic E-state index is 0. The molecule has 3 N–H and O–H groups in total. The smallest absolute Gasteiger partial charge is 0.280 e. The van der Waals surface area contributed by atoms with Crippen LogP contribution in [0.3, 0.4) is 0 Å². The molecule has 1 aromatic carbocycles. The highest BCUT2D eigenvalue weighted by molar-refractivity contribution is 7.13. The van der Waals surface area contributed by atoms with E-state index in [0.717, 1.165) is 42.5 Å². The van der Waals surface area contributed by atoms with Crippen molar-refractivity contribution in [3.63, 3.8) is 0 Å². The van der Waals surface area contributed by atoms with Crippen molar-refractivity contribution in [2.75, 3.05) is 13.6 Å². The van der Waals surface area contributed by atoms with Gasteiger partial charge in [-0.1, -0.05) is 11.6 Å². The Kier molecular flexibility index (Phi) is 5.76. The van der Waals surface area contributed by atoms with E-state index in [2.05, 4.69) is 32.5 Å². The second-order valence-electron chi connectivity index (χ2n) is 7.69. The van der Waals surface area contributed by atoms with E-state index in [-0.39, 0.29) is 36.3 Å². The number of likely N-dealkylation sites (N-methyl/N-ethyl adjacent to an activating group) is 1. The number of carbonyl (C=O) groups excluding carboxylic acids is 2. The molecule has 0 unspecified atom stereocenters. The van der Waals surface area contributed by atoms with Gasteiger partial charge in [0.05, 0.1) is 17.8 Å². The van der Waals surface area contributed by atoms with Gasteiger partial charge >= 0.3 is 0 Å². The van der Waals surface area contributed by atoms with E-state index < -0.39 is 0 Å². The van der Waals surface area contributed by atoms with Crippen LogP contribution in [0.25, 0.3) is 10.9 Å². The molecule has 1 aliphatic heterocycles. The van der Waals surface area contributed by atoms with Crippen molar-refractivity contribution in [3.05, 3.63) is 50.6 Å². The third-order valence-corrected chi connectivity index (χ3v) is 6.68. The molecule has 2 aromatic heterocycles. The van der Waals surface area contributed by atoms with Gasteiger partial charge in [-0.3, -0.25) is 9.59 Å². The Morgan fingerprint density at radius 1 is 1.23 bits per heavy atom. The van der Waals surface area contributed by atoms with Crippen LogP contribution < -0.4 is 10.6 Å². The van der Waals surface area contributed by atoms with Crippen LogP contribution in [0, 0.1) is 0 Å². The summed E-state index contributed by atoms with van der Waals surface area (Å²) in [7, 11) is 2.07. The van der Waals surface area contributed by atoms with Crippen LogP contribution in [0.15, 0.2) is 24.3 Å². The molecule has 0 saturated heterocycles. The summed E-state index contributed by atoms with van der Waals surface area (Å²) in [6, 6.07) is 7.10. The largest absolute Gasteiger partial charge is 0.351 e. The number of H-pyrrole nitrogens is 1. The Bertz CT molecular complexity index is 1130. The van der Waals surface area contributed by atoms with Crippen LogP contribution >= 0.6 is 35.3 Å². The maximum absolute atomic E-state index is 12.5. The van der Waals surface area contributed by atoms with E-state index in [9.17, 15) is 9.59 Å². The fourth-order valence-corrected chi connectivity index (χ4v) is 4.91. The minimum Gasteiger partial charge on any atom is -0.351 e. The molecule has 10 heteroatoms. The number of hydrogen-bond donors (Lipinski definition) is 3. The highest BCUT2D eigenvalue weighted by Crippen LogP contribution is 2.27. The number of carbonyl (C=O) groups is 2. The van der Waals surface area contributed by atoms with Gasteiger partial charge in [-0.05, 0) is 37.7 Å². The summed E-state index contributed by atoms with van der Waals surface area (Å²) in [5, 5.41) is 7.98. The fraction of sp³-hybridized carbons (Fsp3) is 0.350. The molecule has 2 amide bonds. The summed E-state index contributed by atoms with van der Waals surface area (Å²) >= 11 is 7.46. The molecule has 0 bridgehead atoms. The first-order valence-electron chi connectivity index (χ1n) is 9.53. The van der Waals surface area contributed by atoms with Crippen molar-refractivity contribution >= 4 is 58.1 Å². The predicted molar refractivity (Wildman–Crippen MR) is 120 cm³/mol. The average Bonchev–Trinajstić information content (AvgIpc) is 3.09. The topological polar surface area (TPSA) is 90.1 Å². The Balaban J connectivity index is 0.00000218. The summed E-state index contributed by atoms with van der Waals surface area (Å²) in [6.07, 6.45) is 1.60. The summed E-state index contributed by atoms with van der Waals surface area (Å²) < 4.78 is 0. The lowest BCUT2D eigenvalue weighted by atomic mass is 10.2. The molecule has 1 saturated carbocycles. The number of fused-ring (bicyclic) bond motifs is 2. The molecule has 1 aliphatic carbocycles. The average molecular weight is 466 g/mol. The lowest BCUT2D eigenvalue weighted by molar-refractivity contribution is 0.0924. The fourth-order valence-electron chi connectivity index (χ4n) is 3.64. The van der Waals surface area contributed by atoms with Gasteiger partial charge in [0.15, 0.2) is 5.01 Å². The van der Waals surface area contributed by atoms with E-state index >= 15 is 0 Å². The van der Waals surface area contributed by atoms with E-state index in [4.69, 9.17) is 11.6 Å². The van der Waals surface area contributed by atoms with Crippen LogP contribution in [-0.4, -0.2) is 52.4 Å². The highest BCUT2D eigenvalue weighted by Gasteiger charge is 2.40. The number of aromatic nitrogens is 2. The van der Waals surface area contributed by atoms with Gasteiger partial charge < -0.3 is 20.5 Å². The number of amides is 2. The minimum atomic E-state index is -0.188. The van der Waals surface area contributed by atoms with E-state index in [1.165, 1.54) is 16.2 Å².